The summed E-state index contributed by atoms with van der Waals surface area (Å²) >= 11 is 6.18. The SMILES string of the molecule is COc1cc(OC)c(NC(=O)[C@H](C)Oc2ccc(-c3cnc4ccccc4n3)cc2)cc1Cl. The van der Waals surface area contributed by atoms with E-state index in [1.807, 2.05) is 36.4 Å². The van der Waals surface area contributed by atoms with Gasteiger partial charge in [0, 0.05) is 11.6 Å². The van der Waals surface area contributed by atoms with Crippen LogP contribution in [0.15, 0.2) is 66.9 Å². The van der Waals surface area contributed by atoms with Crippen LogP contribution in [0.5, 0.6) is 17.2 Å². The number of anilines is 1. The summed E-state index contributed by atoms with van der Waals surface area (Å²) in [5.41, 5.74) is 3.75. The first-order valence-electron chi connectivity index (χ1n) is 10.2. The number of nitrogens with one attached hydrogen (secondary N) is 1. The fraction of sp³-hybridized carbons (Fsp3) is 0.160. The Morgan fingerprint density at radius 2 is 1.67 bits per heavy atom. The van der Waals surface area contributed by atoms with E-state index in [1.165, 1.54) is 14.2 Å². The number of fused-ring (bicyclic) bond motifs is 1. The third-order valence-electron chi connectivity index (χ3n) is 5.01. The number of rotatable bonds is 7. The Hall–Kier alpha value is -3.84. The molecule has 0 aliphatic heterocycles. The average Bonchev–Trinajstić information content (AvgIpc) is 2.84. The van der Waals surface area contributed by atoms with Gasteiger partial charge in [-0.1, -0.05) is 23.7 Å². The average molecular weight is 464 g/mol. The van der Waals surface area contributed by atoms with Crippen LogP contribution in [0, 0.1) is 0 Å². The zero-order valence-corrected chi connectivity index (χ0v) is 19.1. The van der Waals surface area contributed by atoms with Gasteiger partial charge in [-0.3, -0.25) is 9.78 Å². The minimum Gasteiger partial charge on any atom is -0.495 e. The van der Waals surface area contributed by atoms with E-state index in [1.54, 1.807) is 37.4 Å². The standard InChI is InChI=1S/C25H22ClN3O4/c1-15(25(30)29-21-12-18(26)23(31-2)13-24(21)32-3)33-17-10-8-16(9-11-17)22-14-27-19-6-4-5-7-20(19)28-22/h4-15H,1-3H3,(H,29,30)/t15-/m0/s1. The summed E-state index contributed by atoms with van der Waals surface area (Å²) in [6, 6.07) is 18.2. The summed E-state index contributed by atoms with van der Waals surface area (Å²) in [5.74, 6) is 1.08. The van der Waals surface area contributed by atoms with E-state index in [4.69, 9.17) is 25.8 Å². The number of methoxy groups -OCH3 is 2. The zero-order chi connectivity index (χ0) is 23.4. The van der Waals surface area contributed by atoms with Crippen LogP contribution in [0.25, 0.3) is 22.3 Å². The van der Waals surface area contributed by atoms with Crippen LogP contribution in [0.2, 0.25) is 5.02 Å². The van der Waals surface area contributed by atoms with Gasteiger partial charge < -0.3 is 19.5 Å². The Labute approximate surface area is 196 Å². The third kappa shape index (κ3) is 4.99. The van der Waals surface area contributed by atoms with E-state index in [9.17, 15) is 4.79 Å². The van der Waals surface area contributed by atoms with Crippen molar-refractivity contribution in [2.75, 3.05) is 19.5 Å². The lowest BCUT2D eigenvalue weighted by atomic mass is 10.1. The van der Waals surface area contributed by atoms with Crippen molar-refractivity contribution in [3.05, 3.63) is 71.9 Å². The quantitative estimate of drug-likeness (QED) is 0.396. The highest BCUT2D eigenvalue weighted by Crippen LogP contribution is 2.36. The molecular weight excluding hydrogens is 442 g/mol. The van der Waals surface area contributed by atoms with Crippen LogP contribution in [0.1, 0.15) is 6.92 Å². The number of hydrogen-bond acceptors (Lipinski definition) is 6. The molecule has 0 spiro atoms. The number of halogens is 1. The van der Waals surface area contributed by atoms with Crippen LogP contribution in [0.4, 0.5) is 5.69 Å². The molecule has 0 fully saturated rings. The molecule has 1 amide bonds. The van der Waals surface area contributed by atoms with Gasteiger partial charge in [0.15, 0.2) is 6.10 Å². The first-order chi connectivity index (χ1) is 16.0. The topological polar surface area (TPSA) is 82.6 Å². The lowest BCUT2D eigenvalue weighted by molar-refractivity contribution is -0.122. The van der Waals surface area contributed by atoms with Crippen LogP contribution in [0.3, 0.4) is 0 Å². The minimum atomic E-state index is -0.762. The number of carbonyl (C=O) groups is 1. The molecule has 3 aromatic carbocycles. The molecule has 33 heavy (non-hydrogen) atoms. The number of carbonyl (C=O) groups excluding carboxylic acids is 1. The molecule has 0 bridgehead atoms. The van der Waals surface area contributed by atoms with Gasteiger partial charge in [-0.25, -0.2) is 4.98 Å². The predicted molar refractivity (Wildman–Crippen MR) is 128 cm³/mol. The van der Waals surface area contributed by atoms with Gasteiger partial charge >= 0.3 is 0 Å². The van der Waals surface area contributed by atoms with Crippen LogP contribution < -0.4 is 19.5 Å². The van der Waals surface area contributed by atoms with Gasteiger partial charge in [0.1, 0.15) is 17.2 Å². The second kappa shape index (κ2) is 9.75. The van der Waals surface area contributed by atoms with E-state index in [-0.39, 0.29) is 5.91 Å². The molecule has 1 atom stereocenters. The number of amides is 1. The normalized spacial score (nSPS) is 11.6. The van der Waals surface area contributed by atoms with Gasteiger partial charge in [0.2, 0.25) is 0 Å². The van der Waals surface area contributed by atoms with Crippen molar-refractivity contribution in [2.24, 2.45) is 0 Å². The van der Waals surface area contributed by atoms with Gasteiger partial charge in [-0.15, -0.1) is 0 Å². The van der Waals surface area contributed by atoms with Crippen LogP contribution in [-0.2, 0) is 4.79 Å². The maximum absolute atomic E-state index is 12.7. The lowest BCUT2D eigenvalue weighted by Gasteiger charge is -2.17. The summed E-state index contributed by atoms with van der Waals surface area (Å²) in [6.07, 6.45) is 0.976. The third-order valence-corrected chi connectivity index (χ3v) is 5.31. The Morgan fingerprint density at radius 3 is 2.36 bits per heavy atom. The molecule has 1 heterocycles. The number of hydrogen-bond donors (Lipinski definition) is 1. The number of para-hydroxylation sites is 2. The van der Waals surface area contributed by atoms with Crippen molar-refractivity contribution in [1.29, 1.82) is 0 Å². The molecule has 1 N–H and O–H groups in total. The Morgan fingerprint density at radius 1 is 0.970 bits per heavy atom. The van der Waals surface area contributed by atoms with Crippen molar-refractivity contribution in [1.82, 2.24) is 9.97 Å². The molecule has 4 aromatic rings. The van der Waals surface area contributed by atoms with Crippen molar-refractivity contribution < 1.29 is 19.0 Å². The molecule has 0 radical (unpaired) electrons. The number of ether oxygens (including phenoxy) is 3. The van der Waals surface area contributed by atoms with Crippen molar-refractivity contribution in [2.45, 2.75) is 13.0 Å². The molecule has 4 rings (SSSR count). The van der Waals surface area contributed by atoms with Gasteiger partial charge in [0.25, 0.3) is 5.91 Å². The highest BCUT2D eigenvalue weighted by Gasteiger charge is 2.18. The molecule has 0 aliphatic rings. The van der Waals surface area contributed by atoms with E-state index < -0.39 is 6.10 Å². The van der Waals surface area contributed by atoms with E-state index >= 15 is 0 Å². The largest absolute Gasteiger partial charge is 0.495 e. The van der Waals surface area contributed by atoms with Gasteiger partial charge in [-0.05, 0) is 49.4 Å². The smallest absolute Gasteiger partial charge is 0.265 e. The second-order valence-electron chi connectivity index (χ2n) is 7.20. The zero-order valence-electron chi connectivity index (χ0n) is 18.3. The molecule has 8 heteroatoms. The summed E-state index contributed by atoms with van der Waals surface area (Å²) in [7, 11) is 3.01. The molecule has 7 nitrogen and oxygen atoms in total. The number of nitrogens with zero attached hydrogens (tertiary/aromatic N) is 2. The monoisotopic (exact) mass is 463 g/mol. The van der Waals surface area contributed by atoms with Crippen molar-refractivity contribution in [3.8, 4) is 28.5 Å². The van der Waals surface area contributed by atoms with Crippen LogP contribution >= 0.6 is 11.6 Å². The maximum Gasteiger partial charge on any atom is 0.265 e. The van der Waals surface area contributed by atoms with Crippen LogP contribution in [-0.4, -0.2) is 36.2 Å². The Bertz CT molecular complexity index is 1290. The maximum atomic E-state index is 12.7. The molecule has 0 saturated carbocycles. The summed E-state index contributed by atoms with van der Waals surface area (Å²) in [5, 5.41) is 3.14. The predicted octanol–water partition coefficient (Wildman–Crippen LogP) is 5.37. The molecule has 1 aromatic heterocycles. The first-order valence-corrected chi connectivity index (χ1v) is 10.6. The van der Waals surface area contributed by atoms with E-state index in [0.717, 1.165) is 22.3 Å². The van der Waals surface area contributed by atoms with E-state index in [2.05, 4.69) is 15.3 Å². The summed E-state index contributed by atoms with van der Waals surface area (Å²) in [6.45, 7) is 1.66. The molecular formula is C25H22ClN3O4. The molecule has 0 aliphatic carbocycles. The highest BCUT2D eigenvalue weighted by atomic mass is 35.5. The highest BCUT2D eigenvalue weighted by molar-refractivity contribution is 6.32. The van der Waals surface area contributed by atoms with Gasteiger partial charge in [-0.2, -0.15) is 0 Å². The first kappa shape index (κ1) is 22.4. The fourth-order valence-electron chi connectivity index (χ4n) is 3.25. The molecule has 168 valence electrons. The summed E-state index contributed by atoms with van der Waals surface area (Å²) < 4.78 is 16.3. The van der Waals surface area contributed by atoms with Gasteiger partial charge in [0.05, 0.1) is 47.9 Å². The second-order valence-corrected chi connectivity index (χ2v) is 7.61. The van der Waals surface area contributed by atoms with Crippen molar-refractivity contribution >= 4 is 34.2 Å². The Kier molecular flexibility index (Phi) is 6.60. The van der Waals surface area contributed by atoms with Crippen molar-refractivity contribution in [3.63, 3.8) is 0 Å². The minimum absolute atomic E-state index is 0.348. The molecule has 0 saturated heterocycles. The number of aromatic nitrogens is 2. The summed E-state index contributed by atoms with van der Waals surface area (Å²) in [4.78, 5) is 21.8. The number of benzene rings is 3. The molecule has 0 unspecified atom stereocenters. The Balaban J connectivity index is 1.44. The fourth-order valence-corrected chi connectivity index (χ4v) is 3.49. The lowest BCUT2D eigenvalue weighted by Crippen LogP contribution is -2.30. The van der Waals surface area contributed by atoms with E-state index in [0.29, 0.717) is 28.0 Å².